The lowest BCUT2D eigenvalue weighted by molar-refractivity contribution is 0.532. The molecule has 2 nitrogen and oxygen atoms in total. The third-order valence-electron chi connectivity index (χ3n) is 1.63. The first-order valence-corrected chi connectivity index (χ1v) is 4.24. The largest absolute Gasteiger partial charge is 0.329 e. The minimum Gasteiger partial charge on any atom is -0.329 e. The quantitative estimate of drug-likeness (QED) is 0.548. The number of hydrogen-bond acceptors (Lipinski definition) is 2. The summed E-state index contributed by atoms with van der Waals surface area (Å²) in [6, 6.07) is 0.483. The summed E-state index contributed by atoms with van der Waals surface area (Å²) in [5, 5.41) is 3.34. The second-order valence-corrected chi connectivity index (χ2v) is 2.80. The highest BCUT2D eigenvalue weighted by atomic mass is 14.9. The van der Waals surface area contributed by atoms with Gasteiger partial charge in [0.25, 0.3) is 0 Å². The van der Waals surface area contributed by atoms with Gasteiger partial charge in [-0.3, -0.25) is 0 Å². The lowest BCUT2D eigenvalue weighted by Gasteiger charge is -2.09. The van der Waals surface area contributed by atoms with Crippen LogP contribution in [0.2, 0.25) is 0 Å². The molecule has 0 saturated carbocycles. The summed E-state index contributed by atoms with van der Waals surface area (Å²) in [6.45, 7) is 6.19. The van der Waals surface area contributed by atoms with Gasteiger partial charge >= 0.3 is 0 Å². The molecule has 0 spiro atoms. The van der Waals surface area contributed by atoms with Crippen molar-refractivity contribution >= 4 is 0 Å². The topological polar surface area (TPSA) is 38.0 Å². The summed E-state index contributed by atoms with van der Waals surface area (Å²) in [4.78, 5) is 0. The average Bonchev–Trinajstić information content (AvgIpc) is 1.98. The molecule has 0 saturated heterocycles. The van der Waals surface area contributed by atoms with E-state index in [4.69, 9.17) is 5.73 Å². The van der Waals surface area contributed by atoms with E-state index >= 15 is 0 Å². The van der Waals surface area contributed by atoms with Crippen LogP contribution in [0.25, 0.3) is 0 Å². The van der Waals surface area contributed by atoms with Gasteiger partial charge in [-0.2, -0.15) is 0 Å². The molecule has 62 valence electrons. The van der Waals surface area contributed by atoms with E-state index < -0.39 is 0 Å². The van der Waals surface area contributed by atoms with Crippen LogP contribution in [0.5, 0.6) is 0 Å². The highest BCUT2D eigenvalue weighted by molar-refractivity contribution is 4.59. The second-order valence-electron chi connectivity index (χ2n) is 2.80. The van der Waals surface area contributed by atoms with Crippen LogP contribution in [0.3, 0.4) is 0 Å². The van der Waals surface area contributed by atoms with Crippen LogP contribution in [0.4, 0.5) is 0 Å². The van der Waals surface area contributed by atoms with E-state index in [0.717, 1.165) is 13.1 Å². The van der Waals surface area contributed by atoms with E-state index in [9.17, 15) is 0 Å². The predicted octanol–water partition coefficient (Wildman–Crippen LogP) is 1.11. The molecule has 0 rings (SSSR count). The molecule has 2 heteroatoms. The zero-order chi connectivity index (χ0) is 7.82. The lowest BCUT2D eigenvalue weighted by atomic mass is 10.2. The van der Waals surface area contributed by atoms with Gasteiger partial charge in [-0.05, 0) is 19.9 Å². The summed E-state index contributed by atoms with van der Waals surface area (Å²) >= 11 is 0. The SMILES string of the molecule is CCCCCNC(C)CN. The number of nitrogens with one attached hydrogen (secondary N) is 1. The second kappa shape index (κ2) is 7.03. The minimum atomic E-state index is 0.483. The Kier molecular flexibility index (Phi) is 6.98. The standard InChI is InChI=1S/C8H20N2/c1-3-4-5-6-10-8(2)7-9/h8,10H,3-7,9H2,1-2H3. The zero-order valence-corrected chi connectivity index (χ0v) is 7.19. The Morgan fingerprint density at radius 1 is 1.40 bits per heavy atom. The third kappa shape index (κ3) is 6.05. The molecule has 3 N–H and O–H groups in total. The van der Waals surface area contributed by atoms with E-state index in [1.54, 1.807) is 0 Å². The van der Waals surface area contributed by atoms with Crippen molar-refractivity contribution in [1.29, 1.82) is 0 Å². The maximum absolute atomic E-state index is 5.42. The zero-order valence-electron chi connectivity index (χ0n) is 7.19. The fourth-order valence-electron chi connectivity index (χ4n) is 0.807. The molecule has 0 radical (unpaired) electrons. The van der Waals surface area contributed by atoms with Gasteiger partial charge in [0.05, 0.1) is 0 Å². The first-order chi connectivity index (χ1) is 4.81. The van der Waals surface area contributed by atoms with E-state index in [2.05, 4.69) is 19.2 Å². The Morgan fingerprint density at radius 3 is 2.60 bits per heavy atom. The lowest BCUT2D eigenvalue weighted by Crippen LogP contribution is -2.33. The van der Waals surface area contributed by atoms with Gasteiger partial charge in [0.2, 0.25) is 0 Å². The van der Waals surface area contributed by atoms with Gasteiger partial charge in [-0.15, -0.1) is 0 Å². The maximum Gasteiger partial charge on any atom is 0.0161 e. The van der Waals surface area contributed by atoms with Gasteiger partial charge in [0, 0.05) is 12.6 Å². The number of hydrogen-bond donors (Lipinski definition) is 2. The summed E-state index contributed by atoms with van der Waals surface area (Å²) in [5.41, 5.74) is 5.42. The molecule has 1 atom stereocenters. The third-order valence-corrected chi connectivity index (χ3v) is 1.63. The van der Waals surface area contributed by atoms with Crippen LogP contribution in [-0.2, 0) is 0 Å². The van der Waals surface area contributed by atoms with E-state index in [1.165, 1.54) is 19.3 Å². The van der Waals surface area contributed by atoms with Crippen molar-refractivity contribution in [2.24, 2.45) is 5.73 Å². The smallest absolute Gasteiger partial charge is 0.0161 e. The molecule has 0 bridgehead atoms. The number of nitrogens with two attached hydrogens (primary N) is 1. The van der Waals surface area contributed by atoms with Crippen LogP contribution >= 0.6 is 0 Å². The van der Waals surface area contributed by atoms with E-state index in [-0.39, 0.29) is 0 Å². The predicted molar refractivity (Wildman–Crippen MR) is 46.0 cm³/mol. The van der Waals surface area contributed by atoms with Gasteiger partial charge in [0.1, 0.15) is 0 Å². The average molecular weight is 144 g/mol. The van der Waals surface area contributed by atoms with Crippen LogP contribution in [0, 0.1) is 0 Å². The Bertz CT molecular complexity index is 64.3. The Morgan fingerprint density at radius 2 is 2.10 bits per heavy atom. The molecular formula is C8H20N2. The number of unbranched alkanes of at least 4 members (excludes halogenated alkanes) is 2. The van der Waals surface area contributed by atoms with Crippen LogP contribution in [0.1, 0.15) is 33.1 Å². The molecule has 1 unspecified atom stereocenters. The van der Waals surface area contributed by atoms with Crippen LogP contribution in [-0.4, -0.2) is 19.1 Å². The van der Waals surface area contributed by atoms with Gasteiger partial charge < -0.3 is 11.1 Å². The molecule has 0 aromatic carbocycles. The monoisotopic (exact) mass is 144 g/mol. The van der Waals surface area contributed by atoms with E-state index in [1.807, 2.05) is 0 Å². The fourth-order valence-corrected chi connectivity index (χ4v) is 0.807. The molecule has 0 aliphatic rings. The molecule has 0 fully saturated rings. The highest BCUT2D eigenvalue weighted by Gasteiger charge is 1.94. The number of rotatable bonds is 6. The summed E-state index contributed by atoms with van der Waals surface area (Å²) < 4.78 is 0. The van der Waals surface area contributed by atoms with E-state index in [0.29, 0.717) is 6.04 Å². The Labute approximate surface area is 64.2 Å². The van der Waals surface area contributed by atoms with Gasteiger partial charge in [-0.1, -0.05) is 19.8 Å². The van der Waals surface area contributed by atoms with Crippen molar-refractivity contribution in [2.45, 2.75) is 39.2 Å². The van der Waals surface area contributed by atoms with Crippen molar-refractivity contribution in [1.82, 2.24) is 5.32 Å². The summed E-state index contributed by atoms with van der Waals surface area (Å²) in [7, 11) is 0. The highest BCUT2D eigenvalue weighted by Crippen LogP contribution is 1.91. The van der Waals surface area contributed by atoms with Crippen molar-refractivity contribution in [3.63, 3.8) is 0 Å². The molecule has 0 amide bonds. The first kappa shape index (κ1) is 9.92. The normalized spacial score (nSPS) is 13.5. The molecule has 0 aromatic heterocycles. The van der Waals surface area contributed by atoms with Crippen LogP contribution in [0.15, 0.2) is 0 Å². The van der Waals surface area contributed by atoms with Crippen molar-refractivity contribution in [2.75, 3.05) is 13.1 Å². The van der Waals surface area contributed by atoms with Crippen molar-refractivity contribution < 1.29 is 0 Å². The maximum atomic E-state index is 5.42. The Balaban J connectivity index is 2.89. The molecule has 0 aliphatic heterocycles. The first-order valence-electron chi connectivity index (χ1n) is 4.24. The van der Waals surface area contributed by atoms with Crippen molar-refractivity contribution in [3.05, 3.63) is 0 Å². The summed E-state index contributed by atoms with van der Waals surface area (Å²) in [5.74, 6) is 0. The molecular weight excluding hydrogens is 124 g/mol. The minimum absolute atomic E-state index is 0.483. The molecule has 0 heterocycles. The summed E-state index contributed by atoms with van der Waals surface area (Å²) in [6.07, 6.45) is 3.89. The molecule has 0 aliphatic carbocycles. The van der Waals surface area contributed by atoms with Crippen LogP contribution < -0.4 is 11.1 Å². The molecule has 0 aromatic rings. The fraction of sp³-hybridized carbons (Fsp3) is 1.00. The Hall–Kier alpha value is -0.0800. The molecule has 10 heavy (non-hydrogen) atoms. The van der Waals surface area contributed by atoms with Gasteiger partial charge in [-0.25, -0.2) is 0 Å². The van der Waals surface area contributed by atoms with Crippen molar-refractivity contribution in [3.8, 4) is 0 Å². The van der Waals surface area contributed by atoms with Gasteiger partial charge in [0.15, 0.2) is 0 Å².